The van der Waals surface area contributed by atoms with Gasteiger partial charge < -0.3 is 14.7 Å². The number of methoxy groups -OCH3 is 1. The third-order valence-electron chi connectivity index (χ3n) is 2.69. The van der Waals surface area contributed by atoms with E-state index in [0.29, 0.717) is 12.1 Å². The predicted octanol–water partition coefficient (Wildman–Crippen LogP) is 0.954. The smallest absolute Gasteiger partial charge is 0.307 e. The van der Waals surface area contributed by atoms with Gasteiger partial charge in [0.1, 0.15) is 5.82 Å². The van der Waals surface area contributed by atoms with E-state index in [9.17, 15) is 23.7 Å². The van der Waals surface area contributed by atoms with E-state index in [1.807, 2.05) is 0 Å². The average molecular weight is 304 g/mol. The number of hydrogen-bond acceptors (Lipinski definition) is 5. The summed E-state index contributed by atoms with van der Waals surface area (Å²) in [6, 6.07) is 0.836. The van der Waals surface area contributed by atoms with Crippen LogP contribution in [-0.4, -0.2) is 54.3 Å². The summed E-state index contributed by atoms with van der Waals surface area (Å²) in [7, 11) is 1.40. The SMILES string of the molecule is COCCN(CCO)C(=O)c1cc(F)c([N+](=O)[O-])cc1F. The molecule has 21 heavy (non-hydrogen) atoms. The van der Waals surface area contributed by atoms with Gasteiger partial charge in [-0.05, 0) is 6.07 Å². The Morgan fingerprint density at radius 3 is 2.57 bits per heavy atom. The Hall–Kier alpha value is -2.13. The van der Waals surface area contributed by atoms with E-state index in [2.05, 4.69) is 0 Å². The third kappa shape index (κ3) is 4.17. The van der Waals surface area contributed by atoms with E-state index in [4.69, 9.17) is 9.84 Å². The van der Waals surface area contributed by atoms with Crippen LogP contribution in [0.4, 0.5) is 14.5 Å². The van der Waals surface area contributed by atoms with Crippen molar-refractivity contribution in [2.24, 2.45) is 0 Å². The summed E-state index contributed by atoms with van der Waals surface area (Å²) >= 11 is 0. The number of aliphatic hydroxyl groups excluding tert-OH is 1. The van der Waals surface area contributed by atoms with Crippen LogP contribution < -0.4 is 0 Å². The van der Waals surface area contributed by atoms with E-state index in [1.54, 1.807) is 0 Å². The Labute approximate surface area is 118 Å². The summed E-state index contributed by atoms with van der Waals surface area (Å²) in [5, 5.41) is 19.4. The summed E-state index contributed by atoms with van der Waals surface area (Å²) in [6.07, 6.45) is 0. The van der Waals surface area contributed by atoms with Crippen LogP contribution in [0, 0.1) is 21.7 Å². The van der Waals surface area contributed by atoms with Gasteiger partial charge in [-0.1, -0.05) is 0 Å². The van der Waals surface area contributed by atoms with Gasteiger partial charge in [-0.3, -0.25) is 14.9 Å². The zero-order valence-electron chi connectivity index (χ0n) is 11.2. The second-order valence-corrected chi connectivity index (χ2v) is 4.05. The van der Waals surface area contributed by atoms with Crippen molar-refractivity contribution >= 4 is 11.6 Å². The normalized spacial score (nSPS) is 10.5. The number of ether oxygens (including phenoxy) is 1. The van der Waals surface area contributed by atoms with Gasteiger partial charge in [-0.2, -0.15) is 4.39 Å². The van der Waals surface area contributed by atoms with Crippen molar-refractivity contribution in [1.29, 1.82) is 0 Å². The molecule has 9 heteroatoms. The van der Waals surface area contributed by atoms with Gasteiger partial charge in [-0.15, -0.1) is 0 Å². The van der Waals surface area contributed by atoms with Gasteiger partial charge in [0, 0.05) is 20.2 Å². The van der Waals surface area contributed by atoms with E-state index < -0.39 is 33.7 Å². The van der Waals surface area contributed by atoms with Crippen LogP contribution in [0.2, 0.25) is 0 Å². The number of nitro benzene ring substituents is 1. The highest BCUT2D eigenvalue weighted by atomic mass is 19.1. The van der Waals surface area contributed by atoms with Gasteiger partial charge in [0.05, 0.1) is 29.8 Å². The van der Waals surface area contributed by atoms with Gasteiger partial charge in [0.25, 0.3) is 5.91 Å². The molecule has 1 N–H and O–H groups in total. The van der Waals surface area contributed by atoms with Crippen LogP contribution in [-0.2, 0) is 4.74 Å². The first-order chi connectivity index (χ1) is 9.92. The molecule has 0 unspecified atom stereocenters. The predicted molar refractivity (Wildman–Crippen MR) is 67.9 cm³/mol. The lowest BCUT2D eigenvalue weighted by molar-refractivity contribution is -0.387. The zero-order chi connectivity index (χ0) is 16.0. The molecule has 0 aliphatic carbocycles. The highest BCUT2D eigenvalue weighted by Gasteiger charge is 2.24. The number of halogens is 2. The molecule has 0 spiro atoms. The highest BCUT2D eigenvalue weighted by molar-refractivity contribution is 5.94. The van der Waals surface area contributed by atoms with Crippen LogP contribution >= 0.6 is 0 Å². The monoisotopic (exact) mass is 304 g/mol. The van der Waals surface area contributed by atoms with E-state index in [-0.39, 0.29) is 26.3 Å². The maximum Gasteiger partial charge on any atom is 0.307 e. The van der Waals surface area contributed by atoms with Crippen LogP contribution in [0.1, 0.15) is 10.4 Å². The van der Waals surface area contributed by atoms with Gasteiger partial charge in [-0.25, -0.2) is 4.39 Å². The standard InChI is InChI=1S/C12H14F2N2O5/c1-21-5-3-15(2-4-17)12(18)8-6-10(14)11(16(19)20)7-9(8)13/h6-7,17H,2-5H2,1H3. The molecule has 0 bridgehead atoms. The lowest BCUT2D eigenvalue weighted by Gasteiger charge is -2.21. The molecule has 0 atom stereocenters. The Morgan fingerprint density at radius 2 is 2.05 bits per heavy atom. The topological polar surface area (TPSA) is 92.9 Å². The number of carbonyl (C=O) groups is 1. The van der Waals surface area contributed by atoms with Crippen molar-refractivity contribution in [2.75, 3.05) is 33.4 Å². The number of amides is 1. The van der Waals surface area contributed by atoms with E-state index in [1.165, 1.54) is 7.11 Å². The average Bonchev–Trinajstić information content (AvgIpc) is 2.44. The number of carbonyl (C=O) groups excluding carboxylic acids is 1. The first kappa shape index (κ1) is 16.9. The van der Waals surface area contributed by atoms with Gasteiger partial charge in [0.15, 0.2) is 0 Å². The Morgan fingerprint density at radius 1 is 1.38 bits per heavy atom. The molecule has 0 radical (unpaired) electrons. The molecule has 0 heterocycles. The maximum atomic E-state index is 13.8. The van der Waals surface area contributed by atoms with Gasteiger partial charge in [0.2, 0.25) is 5.82 Å². The van der Waals surface area contributed by atoms with Crippen LogP contribution in [0.25, 0.3) is 0 Å². The minimum Gasteiger partial charge on any atom is -0.395 e. The molecule has 0 aliphatic heterocycles. The fourth-order valence-electron chi connectivity index (χ4n) is 1.65. The van der Waals surface area contributed by atoms with Crippen molar-refractivity contribution < 1.29 is 28.3 Å². The van der Waals surface area contributed by atoms with E-state index in [0.717, 1.165) is 4.90 Å². The van der Waals surface area contributed by atoms with Crippen molar-refractivity contribution in [2.45, 2.75) is 0 Å². The molecule has 1 amide bonds. The molecule has 0 fully saturated rings. The van der Waals surface area contributed by atoms with Crippen molar-refractivity contribution in [3.8, 4) is 0 Å². The summed E-state index contributed by atoms with van der Waals surface area (Å²) < 4.78 is 32.0. The zero-order valence-corrected chi connectivity index (χ0v) is 11.2. The number of benzene rings is 1. The number of aliphatic hydroxyl groups is 1. The highest BCUT2D eigenvalue weighted by Crippen LogP contribution is 2.22. The Balaban J connectivity index is 3.10. The summed E-state index contributed by atoms with van der Waals surface area (Å²) in [5.41, 5.74) is -1.68. The summed E-state index contributed by atoms with van der Waals surface area (Å²) in [6.45, 7) is -0.260. The Bertz CT molecular complexity index is 539. The molecule has 1 rings (SSSR count). The number of nitrogens with zero attached hydrogens (tertiary/aromatic N) is 2. The van der Waals surface area contributed by atoms with Crippen LogP contribution in [0.15, 0.2) is 12.1 Å². The van der Waals surface area contributed by atoms with Crippen LogP contribution in [0.3, 0.4) is 0 Å². The fourth-order valence-corrected chi connectivity index (χ4v) is 1.65. The summed E-state index contributed by atoms with van der Waals surface area (Å²) in [5.74, 6) is -3.39. The maximum absolute atomic E-state index is 13.8. The first-order valence-electron chi connectivity index (χ1n) is 5.94. The van der Waals surface area contributed by atoms with Crippen molar-refractivity contribution in [3.05, 3.63) is 39.4 Å². The molecule has 1 aromatic rings. The lowest BCUT2D eigenvalue weighted by atomic mass is 10.1. The molecule has 116 valence electrons. The number of rotatable bonds is 7. The molecule has 0 aromatic heterocycles. The molecule has 0 saturated carbocycles. The molecular weight excluding hydrogens is 290 g/mol. The third-order valence-corrected chi connectivity index (χ3v) is 2.69. The quantitative estimate of drug-likeness (QED) is 0.598. The Kier molecular flexibility index (Phi) is 6.12. The lowest BCUT2D eigenvalue weighted by Crippen LogP contribution is -2.36. The van der Waals surface area contributed by atoms with Gasteiger partial charge >= 0.3 is 5.69 Å². The second kappa shape index (κ2) is 7.60. The molecule has 7 nitrogen and oxygen atoms in total. The minimum atomic E-state index is -1.31. The number of nitro groups is 1. The first-order valence-corrected chi connectivity index (χ1v) is 5.94. The largest absolute Gasteiger partial charge is 0.395 e. The second-order valence-electron chi connectivity index (χ2n) is 4.05. The summed E-state index contributed by atoms with van der Waals surface area (Å²) in [4.78, 5) is 22.5. The van der Waals surface area contributed by atoms with E-state index >= 15 is 0 Å². The fraction of sp³-hybridized carbons (Fsp3) is 0.417. The molecule has 1 aromatic carbocycles. The molecular formula is C12H14F2N2O5. The van der Waals surface area contributed by atoms with Crippen LogP contribution in [0.5, 0.6) is 0 Å². The molecule has 0 aliphatic rings. The van der Waals surface area contributed by atoms with Crippen molar-refractivity contribution in [1.82, 2.24) is 4.90 Å². The van der Waals surface area contributed by atoms with Crippen molar-refractivity contribution in [3.63, 3.8) is 0 Å². The minimum absolute atomic E-state index is 0.0634. The number of hydrogen-bond donors (Lipinski definition) is 1. The molecule has 0 saturated heterocycles.